The smallest absolute Gasteiger partial charge is 0.347 e. The summed E-state index contributed by atoms with van der Waals surface area (Å²) in [7, 11) is 0. The van der Waals surface area contributed by atoms with Crippen molar-refractivity contribution in [3.8, 4) is 0 Å². The molecule has 7 heteroatoms. The first-order chi connectivity index (χ1) is 8.36. The van der Waals surface area contributed by atoms with E-state index in [0.29, 0.717) is 0 Å². The third-order valence-corrected chi connectivity index (χ3v) is 1.82. The molecule has 0 aliphatic carbocycles. The zero-order valence-electron chi connectivity index (χ0n) is 10.7. The normalized spacial score (nSPS) is 13.3. The van der Waals surface area contributed by atoms with Crippen molar-refractivity contribution in [3.05, 3.63) is 0 Å². The maximum Gasteiger partial charge on any atom is 0.347 e. The number of rotatable bonds is 7. The molecule has 0 unspecified atom stereocenters. The van der Waals surface area contributed by atoms with Crippen LogP contribution in [0.15, 0.2) is 0 Å². The maximum atomic E-state index is 11.3. The first kappa shape index (κ1) is 16.4. The lowest BCUT2D eigenvalue weighted by Crippen LogP contribution is -2.27. The van der Waals surface area contributed by atoms with E-state index in [1.165, 1.54) is 6.92 Å². The number of aliphatic hydroxyl groups excluding tert-OH is 1. The highest BCUT2D eigenvalue weighted by molar-refractivity contribution is 5.79. The lowest BCUT2D eigenvalue weighted by molar-refractivity contribution is -0.172. The molecule has 0 radical (unpaired) electrons. The van der Waals surface area contributed by atoms with Gasteiger partial charge in [-0.1, -0.05) is 0 Å². The molecule has 0 spiro atoms. The molecule has 0 aromatic rings. The predicted molar refractivity (Wildman–Crippen MR) is 59.2 cm³/mol. The van der Waals surface area contributed by atoms with Crippen LogP contribution in [0.3, 0.4) is 0 Å². The zero-order valence-corrected chi connectivity index (χ0v) is 10.7. The van der Waals surface area contributed by atoms with E-state index < -0.39 is 30.3 Å². The van der Waals surface area contributed by atoms with Crippen molar-refractivity contribution in [2.24, 2.45) is 0 Å². The van der Waals surface area contributed by atoms with Gasteiger partial charge in [0.05, 0.1) is 13.0 Å². The average molecular weight is 262 g/mol. The van der Waals surface area contributed by atoms with Crippen LogP contribution < -0.4 is 0 Å². The monoisotopic (exact) mass is 262 g/mol. The number of carbonyl (C=O) groups excluding carboxylic acids is 3. The third kappa shape index (κ3) is 7.61. The molecule has 1 N–H and O–H groups in total. The quantitative estimate of drug-likeness (QED) is 0.396. The van der Waals surface area contributed by atoms with Gasteiger partial charge in [-0.15, -0.1) is 0 Å². The van der Waals surface area contributed by atoms with E-state index in [2.05, 4.69) is 9.47 Å². The molecular weight excluding hydrogens is 244 g/mol. The number of hydrogen-bond donors (Lipinski definition) is 1. The van der Waals surface area contributed by atoms with Crippen LogP contribution >= 0.6 is 0 Å². The van der Waals surface area contributed by atoms with E-state index in [-0.39, 0.29) is 19.4 Å². The lowest BCUT2D eigenvalue weighted by atomic mass is 10.3. The molecule has 0 heterocycles. The summed E-state index contributed by atoms with van der Waals surface area (Å²) in [5.74, 6) is -1.95. The minimum atomic E-state index is -1.35. The third-order valence-electron chi connectivity index (χ3n) is 1.82. The summed E-state index contributed by atoms with van der Waals surface area (Å²) in [6.07, 6.45) is -2.61. The SMILES string of the molecule is CCOC(=O)[C@H](C)OC(=O)CC[C@@H](O)OC(C)=O. The van der Waals surface area contributed by atoms with Crippen LogP contribution in [0.25, 0.3) is 0 Å². The van der Waals surface area contributed by atoms with Crippen LogP contribution in [-0.2, 0) is 28.6 Å². The largest absolute Gasteiger partial charge is 0.463 e. The van der Waals surface area contributed by atoms with E-state index >= 15 is 0 Å². The molecule has 18 heavy (non-hydrogen) atoms. The molecule has 7 nitrogen and oxygen atoms in total. The topological polar surface area (TPSA) is 99.1 Å². The predicted octanol–water partition coefficient (Wildman–Crippen LogP) is 0.143. The van der Waals surface area contributed by atoms with Gasteiger partial charge in [0.15, 0.2) is 6.10 Å². The number of ether oxygens (including phenoxy) is 3. The first-order valence-electron chi connectivity index (χ1n) is 5.58. The highest BCUT2D eigenvalue weighted by atomic mass is 16.6. The van der Waals surface area contributed by atoms with Gasteiger partial charge in [-0.3, -0.25) is 9.59 Å². The Morgan fingerprint density at radius 1 is 1.22 bits per heavy atom. The van der Waals surface area contributed by atoms with Gasteiger partial charge >= 0.3 is 17.9 Å². The zero-order chi connectivity index (χ0) is 14.1. The van der Waals surface area contributed by atoms with Gasteiger partial charge in [-0.25, -0.2) is 4.79 Å². The summed E-state index contributed by atoms with van der Waals surface area (Å²) in [5.41, 5.74) is 0. The maximum absolute atomic E-state index is 11.3. The molecular formula is C11H18O7. The first-order valence-corrected chi connectivity index (χ1v) is 5.58. The Balaban J connectivity index is 3.90. The summed E-state index contributed by atoms with van der Waals surface area (Å²) < 4.78 is 13.8. The van der Waals surface area contributed by atoms with Crippen LogP contribution in [0.4, 0.5) is 0 Å². The van der Waals surface area contributed by atoms with Gasteiger partial charge in [-0.2, -0.15) is 0 Å². The van der Waals surface area contributed by atoms with Crippen molar-refractivity contribution < 1.29 is 33.7 Å². The van der Waals surface area contributed by atoms with Crippen molar-refractivity contribution in [1.29, 1.82) is 0 Å². The summed E-state index contributed by atoms with van der Waals surface area (Å²) >= 11 is 0. The van der Waals surface area contributed by atoms with Gasteiger partial charge in [0.2, 0.25) is 6.29 Å². The summed E-state index contributed by atoms with van der Waals surface area (Å²) in [4.78, 5) is 32.9. The Morgan fingerprint density at radius 2 is 1.83 bits per heavy atom. The van der Waals surface area contributed by atoms with Crippen molar-refractivity contribution in [2.45, 2.75) is 46.0 Å². The molecule has 0 fully saturated rings. The van der Waals surface area contributed by atoms with Crippen LogP contribution in [0.1, 0.15) is 33.6 Å². The second-order valence-corrected chi connectivity index (χ2v) is 3.49. The lowest BCUT2D eigenvalue weighted by Gasteiger charge is -2.13. The fourth-order valence-corrected chi connectivity index (χ4v) is 1.06. The molecule has 104 valence electrons. The minimum absolute atomic E-state index is 0.0893. The van der Waals surface area contributed by atoms with Crippen molar-refractivity contribution >= 4 is 17.9 Å². The number of hydrogen-bond acceptors (Lipinski definition) is 7. The fraction of sp³-hybridized carbons (Fsp3) is 0.727. The van der Waals surface area contributed by atoms with E-state index in [1.54, 1.807) is 6.92 Å². The Bertz CT molecular complexity index is 300. The molecule has 0 aliphatic heterocycles. The molecule has 0 aromatic heterocycles. The van der Waals surface area contributed by atoms with Crippen molar-refractivity contribution in [1.82, 2.24) is 0 Å². The van der Waals surface area contributed by atoms with Gasteiger partial charge in [0.1, 0.15) is 0 Å². The Kier molecular flexibility index (Phi) is 7.69. The Morgan fingerprint density at radius 3 is 2.33 bits per heavy atom. The van der Waals surface area contributed by atoms with Gasteiger partial charge in [0.25, 0.3) is 0 Å². The second-order valence-electron chi connectivity index (χ2n) is 3.49. The summed E-state index contributed by atoms with van der Waals surface area (Å²) in [6.45, 7) is 4.37. The number of aliphatic hydroxyl groups is 1. The fourth-order valence-electron chi connectivity index (χ4n) is 1.06. The highest BCUT2D eigenvalue weighted by Crippen LogP contribution is 2.04. The van der Waals surface area contributed by atoms with E-state index in [1.807, 2.05) is 0 Å². The molecule has 0 aromatic carbocycles. The van der Waals surface area contributed by atoms with Crippen molar-refractivity contribution in [3.63, 3.8) is 0 Å². The van der Waals surface area contributed by atoms with E-state index in [4.69, 9.17) is 9.84 Å². The highest BCUT2D eigenvalue weighted by Gasteiger charge is 2.19. The Labute approximate surface area is 105 Å². The van der Waals surface area contributed by atoms with Crippen LogP contribution in [0.5, 0.6) is 0 Å². The minimum Gasteiger partial charge on any atom is -0.463 e. The van der Waals surface area contributed by atoms with Gasteiger partial charge in [0, 0.05) is 13.3 Å². The van der Waals surface area contributed by atoms with Crippen LogP contribution in [0, 0.1) is 0 Å². The van der Waals surface area contributed by atoms with E-state index in [0.717, 1.165) is 6.92 Å². The molecule has 2 atom stereocenters. The molecule has 0 rings (SSSR count). The van der Waals surface area contributed by atoms with Crippen molar-refractivity contribution in [2.75, 3.05) is 6.61 Å². The van der Waals surface area contributed by atoms with Crippen LogP contribution in [-0.4, -0.2) is 42.0 Å². The molecule has 0 saturated heterocycles. The number of carbonyl (C=O) groups is 3. The standard InChI is InChI=1S/C11H18O7/c1-4-16-11(15)7(2)17-9(13)5-6-10(14)18-8(3)12/h7,10,14H,4-6H2,1-3H3/t7-,10-/m0/s1. The van der Waals surface area contributed by atoms with E-state index in [9.17, 15) is 14.4 Å². The number of esters is 3. The molecule has 0 bridgehead atoms. The summed E-state index contributed by atoms with van der Waals surface area (Å²) in [6, 6.07) is 0. The average Bonchev–Trinajstić information content (AvgIpc) is 2.25. The Hall–Kier alpha value is -1.63. The van der Waals surface area contributed by atoms with Gasteiger partial charge < -0.3 is 19.3 Å². The van der Waals surface area contributed by atoms with Crippen LogP contribution in [0.2, 0.25) is 0 Å². The summed E-state index contributed by atoms with van der Waals surface area (Å²) in [5, 5.41) is 9.15. The second kappa shape index (κ2) is 8.46. The molecule has 0 amide bonds. The van der Waals surface area contributed by atoms with Gasteiger partial charge in [-0.05, 0) is 13.8 Å². The molecule has 0 saturated carbocycles. The molecule has 0 aliphatic rings.